The van der Waals surface area contributed by atoms with Gasteiger partial charge in [-0.3, -0.25) is 13.7 Å². The SMILES string of the molecule is C.CC(C)(CN)P(=O)(O)O.CCC(C)(C)P(=O)(Oc1ccccc1)Oc1ccccc1.CCC(C)(C)P(C)(=O)Oc1ccccc1.CCOC(=O)[C@H](C)OP(=O)(Oc1ccccc1)C(C)(C)CN.CCl. The van der Waals surface area contributed by atoms with Crippen LogP contribution in [0.25, 0.3) is 0 Å². The third-order valence-electron chi connectivity index (χ3n) is 10.9. The number of nitrogens with two attached hydrogens (primary N) is 2. The van der Waals surface area contributed by atoms with Crippen molar-refractivity contribution in [3.63, 3.8) is 0 Å². The minimum atomic E-state index is -3.99. The van der Waals surface area contributed by atoms with E-state index in [-0.39, 0.29) is 32.3 Å². The van der Waals surface area contributed by atoms with Crippen LogP contribution < -0.4 is 29.6 Å². The van der Waals surface area contributed by atoms with Crippen molar-refractivity contribution in [1.29, 1.82) is 0 Å². The number of carbonyl (C=O) groups excluding carboxylic acids is 1. The Kier molecular flexibility index (Phi) is 30.6. The molecule has 0 aliphatic carbocycles. The average molecular weight is 1080 g/mol. The molecule has 0 saturated carbocycles. The molecule has 0 radical (unpaired) electrons. The summed E-state index contributed by atoms with van der Waals surface area (Å²) in [4.78, 5) is 28.9. The molecule has 6 N–H and O–H groups in total. The number of ether oxygens (including phenoxy) is 1. The molecule has 3 atom stereocenters. The van der Waals surface area contributed by atoms with Crippen molar-refractivity contribution < 1.29 is 60.2 Å². The molecule has 0 spiro atoms. The maximum absolute atomic E-state index is 13.4. The summed E-state index contributed by atoms with van der Waals surface area (Å²) in [6, 6.07) is 36.3. The van der Waals surface area contributed by atoms with Crippen LogP contribution in [0.4, 0.5) is 0 Å². The first-order valence-electron chi connectivity index (χ1n) is 22.4. The number of hydrogen-bond acceptors (Lipinski definition) is 13. The van der Waals surface area contributed by atoms with Gasteiger partial charge in [-0.05, 0) is 131 Å². The number of para-hydroxylation sites is 4. The molecule has 398 valence electrons. The van der Waals surface area contributed by atoms with E-state index in [2.05, 4.69) is 11.6 Å². The number of rotatable bonds is 20. The van der Waals surface area contributed by atoms with Gasteiger partial charge in [0.15, 0.2) is 6.10 Å². The van der Waals surface area contributed by atoms with E-state index in [0.717, 1.165) is 6.42 Å². The Hall–Kier alpha value is -3.44. The molecule has 0 aliphatic heterocycles. The Morgan fingerprint density at radius 3 is 1.10 bits per heavy atom. The fourth-order valence-corrected chi connectivity index (χ4v) is 9.44. The minimum Gasteiger partial charge on any atom is -0.464 e. The predicted molar refractivity (Wildman–Crippen MR) is 290 cm³/mol. The first kappa shape index (κ1) is 68.6. The van der Waals surface area contributed by atoms with Gasteiger partial charge >= 0.3 is 28.8 Å². The van der Waals surface area contributed by atoms with Gasteiger partial charge in [0.1, 0.15) is 23.0 Å². The van der Waals surface area contributed by atoms with Gasteiger partial charge in [0.25, 0.3) is 0 Å². The lowest BCUT2D eigenvalue weighted by Crippen LogP contribution is -2.36. The van der Waals surface area contributed by atoms with Crippen LogP contribution in [0.3, 0.4) is 0 Å². The van der Waals surface area contributed by atoms with Crippen molar-refractivity contribution in [3.8, 4) is 23.0 Å². The normalized spacial score (nSPS) is 13.8. The molecule has 70 heavy (non-hydrogen) atoms. The van der Waals surface area contributed by atoms with E-state index in [1.54, 1.807) is 76.0 Å². The second kappa shape index (κ2) is 31.2. The van der Waals surface area contributed by atoms with Crippen molar-refractivity contribution in [2.75, 3.05) is 32.7 Å². The summed E-state index contributed by atoms with van der Waals surface area (Å²) in [6.45, 7) is 23.2. The van der Waals surface area contributed by atoms with E-state index in [4.69, 9.17) is 48.6 Å². The second-order valence-electron chi connectivity index (χ2n) is 17.9. The van der Waals surface area contributed by atoms with Crippen LogP contribution in [0.15, 0.2) is 121 Å². The van der Waals surface area contributed by atoms with Gasteiger partial charge in [-0.25, -0.2) is 13.9 Å². The highest BCUT2D eigenvalue weighted by Gasteiger charge is 2.47. The monoisotopic (exact) mass is 1080 g/mol. The molecular weight excluding hydrogens is 996 g/mol. The van der Waals surface area contributed by atoms with E-state index in [0.29, 0.717) is 29.4 Å². The average Bonchev–Trinajstić information content (AvgIpc) is 3.31. The molecule has 15 nitrogen and oxygen atoms in total. The van der Waals surface area contributed by atoms with Gasteiger partial charge in [-0.1, -0.05) is 94.1 Å². The summed E-state index contributed by atoms with van der Waals surface area (Å²) in [5.41, 5.74) is 10.8. The Labute approximate surface area is 424 Å². The molecule has 20 heteroatoms. The van der Waals surface area contributed by atoms with Crippen molar-refractivity contribution in [1.82, 2.24) is 0 Å². The number of esters is 1. The smallest absolute Gasteiger partial charge is 0.436 e. The van der Waals surface area contributed by atoms with Crippen molar-refractivity contribution in [3.05, 3.63) is 121 Å². The molecule has 0 saturated heterocycles. The maximum atomic E-state index is 13.4. The summed E-state index contributed by atoms with van der Waals surface area (Å²) < 4.78 is 82.7. The highest BCUT2D eigenvalue weighted by Crippen LogP contribution is 2.61. The predicted octanol–water partition coefficient (Wildman–Crippen LogP) is 14.0. The Balaban J connectivity index is 0. The van der Waals surface area contributed by atoms with E-state index < -0.39 is 57.7 Å². The van der Waals surface area contributed by atoms with Gasteiger partial charge < -0.3 is 44.1 Å². The number of hydrogen-bond donors (Lipinski definition) is 4. The van der Waals surface area contributed by atoms with Gasteiger partial charge in [-0.15, -0.1) is 11.6 Å². The van der Waals surface area contributed by atoms with E-state index >= 15 is 0 Å². The zero-order chi connectivity index (χ0) is 53.4. The summed E-state index contributed by atoms with van der Waals surface area (Å²) in [6.07, 6.45) is 1.98. The Morgan fingerprint density at radius 2 is 0.843 bits per heavy atom. The van der Waals surface area contributed by atoms with E-state index in [1.807, 2.05) is 114 Å². The third-order valence-corrected chi connectivity index (χ3v) is 21.2. The molecule has 0 aliphatic rings. The van der Waals surface area contributed by atoms with Crippen molar-refractivity contribution in [2.45, 2.75) is 130 Å². The standard InChI is InChI=1S/C17H21O3P.C15H24NO5P.C12H19O2P.C4H12NO3P.CH3Cl.CH4/c1-4-17(2,3)21(18,19-15-11-7-5-8-12-15)20-16-13-9-6-10-14-16;1-5-19-14(17)12(2)20-22(18,15(3,4)11-16)21-13-9-7-6-8-10-13;1-5-12(2,3)15(4,13)14-11-9-7-6-8-10-11;1-4(2,3-5)9(6,7)8;1-2;/h5-14H,4H2,1-3H3;6-10,12H,5,11,16H2,1-4H3;6-10H,5H2,1-4H3;3,5H2,1-2H3,(H2,6,7,8);1H3;1H4/t;12-,22?;;;;/m.0..../s1. The lowest BCUT2D eigenvalue weighted by Gasteiger charge is -2.33. The molecule has 0 fully saturated rings. The maximum Gasteiger partial charge on any atom is 0.436 e. The summed E-state index contributed by atoms with van der Waals surface area (Å²) in [7, 11) is -13.7. The summed E-state index contributed by atoms with van der Waals surface area (Å²) in [5, 5.41) is -2.89. The third kappa shape index (κ3) is 22.1. The van der Waals surface area contributed by atoms with Crippen LogP contribution in [0.5, 0.6) is 23.0 Å². The van der Waals surface area contributed by atoms with Gasteiger partial charge in [-0.2, -0.15) is 0 Å². The minimum absolute atomic E-state index is 0. The molecule has 0 amide bonds. The molecule has 0 aromatic heterocycles. The highest BCUT2D eigenvalue weighted by molar-refractivity contribution is 7.60. The second-order valence-corrected chi connectivity index (χ2v) is 28.4. The lowest BCUT2D eigenvalue weighted by molar-refractivity contribution is -0.150. The fourth-order valence-electron chi connectivity index (χ4n) is 4.44. The number of benzene rings is 4. The van der Waals surface area contributed by atoms with Crippen molar-refractivity contribution >= 4 is 47.7 Å². The van der Waals surface area contributed by atoms with Crippen LogP contribution in [-0.4, -0.2) is 75.2 Å². The molecule has 0 heterocycles. The van der Waals surface area contributed by atoms with Gasteiger partial charge in [0.2, 0.25) is 7.37 Å². The van der Waals surface area contributed by atoms with Crippen LogP contribution in [0.2, 0.25) is 0 Å². The molecule has 0 bridgehead atoms. The summed E-state index contributed by atoms with van der Waals surface area (Å²) in [5.74, 6) is 1.59. The summed E-state index contributed by atoms with van der Waals surface area (Å²) >= 11 is 4.64. The van der Waals surface area contributed by atoms with Crippen LogP contribution in [-0.2, 0) is 32.3 Å². The number of alkyl halides is 1. The quantitative estimate of drug-likeness (QED) is 0.0366. The van der Waals surface area contributed by atoms with Crippen molar-refractivity contribution in [2.24, 2.45) is 11.5 Å². The highest BCUT2D eigenvalue weighted by atomic mass is 35.5. The zero-order valence-electron chi connectivity index (χ0n) is 42.9. The zero-order valence-corrected chi connectivity index (χ0v) is 47.2. The van der Waals surface area contributed by atoms with Gasteiger partial charge in [0, 0.05) is 26.1 Å². The molecular formula is C50H83ClN2O13P4. The number of halogens is 1. The molecule has 4 aromatic rings. The van der Waals surface area contributed by atoms with E-state index in [1.165, 1.54) is 27.2 Å². The molecule has 2 unspecified atom stereocenters. The van der Waals surface area contributed by atoms with Crippen LogP contribution in [0, 0.1) is 0 Å². The van der Waals surface area contributed by atoms with E-state index in [9.17, 15) is 23.1 Å². The first-order chi connectivity index (χ1) is 31.9. The fraction of sp³-hybridized carbons (Fsp3) is 0.500. The largest absolute Gasteiger partial charge is 0.464 e. The molecule has 4 rings (SSSR count). The van der Waals surface area contributed by atoms with Gasteiger partial charge in [0.05, 0.1) is 27.2 Å². The Morgan fingerprint density at radius 1 is 0.543 bits per heavy atom. The lowest BCUT2D eigenvalue weighted by atomic mass is 10.1. The molecule has 4 aromatic carbocycles. The first-order valence-corrected chi connectivity index (χ1v) is 29.9. The topological polar surface area (TPSA) is 233 Å². The Bertz CT molecular complexity index is 2200. The van der Waals surface area contributed by atoms with Crippen LogP contribution in [0.1, 0.15) is 103 Å². The number of carbonyl (C=O) groups is 1. The van der Waals surface area contributed by atoms with Crippen LogP contribution >= 0.6 is 41.8 Å².